The van der Waals surface area contributed by atoms with Crippen LogP contribution in [0.4, 0.5) is 4.39 Å². The van der Waals surface area contributed by atoms with Crippen LogP contribution in [0.3, 0.4) is 0 Å². The molecule has 0 aliphatic rings. The predicted molar refractivity (Wildman–Crippen MR) is 84.7 cm³/mol. The van der Waals surface area contributed by atoms with Crippen molar-refractivity contribution in [3.63, 3.8) is 0 Å². The number of hydrogen-bond acceptors (Lipinski definition) is 3. The molecule has 0 fully saturated rings. The number of nitrogens with zero attached hydrogens (tertiary/aromatic N) is 1. The van der Waals surface area contributed by atoms with Gasteiger partial charge in [-0.15, -0.1) is 0 Å². The molecular formula is C15H22BrFN2O2. The van der Waals surface area contributed by atoms with E-state index in [0.29, 0.717) is 16.9 Å². The Morgan fingerprint density at radius 1 is 1.48 bits per heavy atom. The molecule has 1 aromatic rings. The lowest BCUT2D eigenvalue weighted by Crippen LogP contribution is -2.36. The van der Waals surface area contributed by atoms with Gasteiger partial charge in [0.05, 0.1) is 0 Å². The molecule has 1 atom stereocenters. The summed E-state index contributed by atoms with van der Waals surface area (Å²) < 4.78 is 19.4. The molecule has 1 aromatic carbocycles. The highest BCUT2D eigenvalue weighted by molar-refractivity contribution is 9.10. The fourth-order valence-electron chi connectivity index (χ4n) is 1.64. The van der Waals surface area contributed by atoms with Gasteiger partial charge in [-0.05, 0) is 30.5 Å². The van der Waals surface area contributed by atoms with E-state index >= 15 is 0 Å². The van der Waals surface area contributed by atoms with E-state index in [1.54, 1.807) is 18.0 Å². The smallest absolute Gasteiger partial charge is 0.260 e. The summed E-state index contributed by atoms with van der Waals surface area (Å²) in [6, 6.07) is 4.51. The van der Waals surface area contributed by atoms with Crippen molar-refractivity contribution in [3.05, 3.63) is 28.5 Å². The van der Waals surface area contributed by atoms with Crippen molar-refractivity contribution in [1.29, 1.82) is 0 Å². The molecule has 1 amide bonds. The fourth-order valence-corrected chi connectivity index (χ4v) is 1.98. The van der Waals surface area contributed by atoms with Gasteiger partial charge in [0.1, 0.15) is 0 Å². The van der Waals surface area contributed by atoms with E-state index in [9.17, 15) is 9.18 Å². The Kier molecular flexibility index (Phi) is 7.11. The van der Waals surface area contributed by atoms with Crippen molar-refractivity contribution in [2.75, 3.05) is 20.2 Å². The molecule has 0 bridgehead atoms. The van der Waals surface area contributed by atoms with Crippen LogP contribution in [0, 0.1) is 11.7 Å². The molecule has 0 saturated carbocycles. The maximum atomic E-state index is 13.5. The normalized spacial score (nSPS) is 12.3. The predicted octanol–water partition coefficient (Wildman–Crippen LogP) is 2.80. The van der Waals surface area contributed by atoms with E-state index in [2.05, 4.69) is 15.9 Å². The summed E-state index contributed by atoms with van der Waals surface area (Å²) in [5.41, 5.74) is 5.94. The second-order valence-electron chi connectivity index (χ2n) is 5.38. The van der Waals surface area contributed by atoms with Crippen molar-refractivity contribution in [2.24, 2.45) is 11.7 Å². The lowest BCUT2D eigenvalue weighted by molar-refractivity contribution is -0.132. The molecule has 0 spiro atoms. The number of amides is 1. The lowest BCUT2D eigenvalue weighted by Gasteiger charge is -2.21. The zero-order valence-electron chi connectivity index (χ0n) is 12.6. The SMILES string of the molecule is CC(C)C(N)CCN(C)C(=O)COc1ccc(Br)cc1F. The molecule has 4 nitrogen and oxygen atoms in total. The highest BCUT2D eigenvalue weighted by atomic mass is 79.9. The summed E-state index contributed by atoms with van der Waals surface area (Å²) >= 11 is 3.16. The molecule has 0 saturated heterocycles. The van der Waals surface area contributed by atoms with Gasteiger partial charge in [-0.1, -0.05) is 29.8 Å². The molecule has 0 radical (unpaired) electrons. The Bertz CT molecular complexity index is 483. The Hall–Kier alpha value is -1.14. The standard InChI is InChI=1S/C15H22BrFN2O2/c1-10(2)13(18)6-7-19(3)15(20)9-21-14-5-4-11(16)8-12(14)17/h4-5,8,10,13H,6-7,9,18H2,1-3H3. The van der Waals surface area contributed by atoms with Crippen LogP contribution in [0.2, 0.25) is 0 Å². The third kappa shape index (κ3) is 6.01. The third-order valence-corrected chi connectivity index (χ3v) is 3.82. The van der Waals surface area contributed by atoms with E-state index < -0.39 is 5.82 Å². The number of carbonyl (C=O) groups is 1. The summed E-state index contributed by atoms with van der Waals surface area (Å²) in [5, 5.41) is 0. The Balaban J connectivity index is 2.42. The minimum Gasteiger partial charge on any atom is -0.481 e. The van der Waals surface area contributed by atoms with Gasteiger partial charge < -0.3 is 15.4 Å². The number of rotatable bonds is 7. The van der Waals surface area contributed by atoms with Crippen LogP contribution in [0.1, 0.15) is 20.3 Å². The number of carbonyl (C=O) groups excluding carboxylic acids is 1. The highest BCUT2D eigenvalue weighted by Gasteiger charge is 2.14. The van der Waals surface area contributed by atoms with Crippen molar-refractivity contribution in [3.8, 4) is 5.75 Å². The number of nitrogens with two attached hydrogens (primary N) is 1. The van der Waals surface area contributed by atoms with Crippen molar-refractivity contribution < 1.29 is 13.9 Å². The monoisotopic (exact) mass is 360 g/mol. The number of likely N-dealkylation sites (N-methyl/N-ethyl adjacent to an activating group) is 1. The average molecular weight is 361 g/mol. The number of ether oxygens (including phenoxy) is 1. The van der Waals surface area contributed by atoms with Crippen LogP contribution in [0.25, 0.3) is 0 Å². The van der Waals surface area contributed by atoms with Crippen molar-refractivity contribution in [2.45, 2.75) is 26.3 Å². The zero-order valence-corrected chi connectivity index (χ0v) is 14.2. The van der Waals surface area contributed by atoms with Crippen LogP contribution in [-0.2, 0) is 4.79 Å². The van der Waals surface area contributed by atoms with Crippen LogP contribution in [0.5, 0.6) is 5.75 Å². The van der Waals surface area contributed by atoms with Gasteiger partial charge in [0.15, 0.2) is 18.2 Å². The summed E-state index contributed by atoms with van der Waals surface area (Å²) in [6.07, 6.45) is 0.729. The molecule has 21 heavy (non-hydrogen) atoms. The molecular weight excluding hydrogens is 339 g/mol. The topological polar surface area (TPSA) is 55.6 Å². The Morgan fingerprint density at radius 3 is 2.71 bits per heavy atom. The lowest BCUT2D eigenvalue weighted by atomic mass is 10.0. The first kappa shape index (κ1) is 17.9. The first-order valence-corrected chi connectivity index (χ1v) is 7.68. The second-order valence-corrected chi connectivity index (χ2v) is 6.29. The minimum absolute atomic E-state index is 0.0603. The number of benzene rings is 1. The highest BCUT2D eigenvalue weighted by Crippen LogP contribution is 2.21. The Labute approximate surface area is 133 Å². The molecule has 0 aliphatic carbocycles. The van der Waals surface area contributed by atoms with Crippen molar-refractivity contribution in [1.82, 2.24) is 4.90 Å². The quantitative estimate of drug-likeness (QED) is 0.813. The van der Waals surface area contributed by atoms with Gasteiger partial charge in [0, 0.05) is 24.1 Å². The van der Waals surface area contributed by atoms with E-state index in [4.69, 9.17) is 10.5 Å². The summed E-state index contributed by atoms with van der Waals surface area (Å²) in [5.74, 6) is -0.254. The van der Waals surface area contributed by atoms with E-state index in [1.807, 2.05) is 13.8 Å². The minimum atomic E-state index is -0.498. The maximum absolute atomic E-state index is 13.5. The molecule has 1 unspecified atom stereocenters. The van der Waals surface area contributed by atoms with Gasteiger partial charge >= 0.3 is 0 Å². The summed E-state index contributed by atoms with van der Waals surface area (Å²) in [4.78, 5) is 13.5. The van der Waals surface area contributed by atoms with E-state index in [-0.39, 0.29) is 24.3 Å². The second kappa shape index (κ2) is 8.34. The van der Waals surface area contributed by atoms with Crippen LogP contribution < -0.4 is 10.5 Å². The molecule has 0 aliphatic heterocycles. The molecule has 118 valence electrons. The first-order chi connectivity index (χ1) is 9.81. The fraction of sp³-hybridized carbons (Fsp3) is 0.533. The summed E-state index contributed by atoms with van der Waals surface area (Å²) in [7, 11) is 1.69. The zero-order chi connectivity index (χ0) is 16.0. The number of halogens is 2. The molecule has 0 aromatic heterocycles. The molecule has 2 N–H and O–H groups in total. The molecule has 1 rings (SSSR count). The van der Waals surface area contributed by atoms with Gasteiger partial charge in [0.2, 0.25) is 0 Å². The Morgan fingerprint density at radius 2 is 2.14 bits per heavy atom. The van der Waals surface area contributed by atoms with Gasteiger partial charge in [-0.3, -0.25) is 4.79 Å². The van der Waals surface area contributed by atoms with E-state index in [1.165, 1.54) is 12.1 Å². The number of hydrogen-bond donors (Lipinski definition) is 1. The summed E-state index contributed by atoms with van der Waals surface area (Å²) in [6.45, 7) is 4.47. The third-order valence-electron chi connectivity index (χ3n) is 3.32. The maximum Gasteiger partial charge on any atom is 0.260 e. The van der Waals surface area contributed by atoms with Gasteiger partial charge in [-0.25, -0.2) is 4.39 Å². The first-order valence-electron chi connectivity index (χ1n) is 6.88. The van der Waals surface area contributed by atoms with Crippen LogP contribution >= 0.6 is 15.9 Å². The molecule has 6 heteroatoms. The van der Waals surface area contributed by atoms with Gasteiger partial charge in [-0.2, -0.15) is 0 Å². The van der Waals surface area contributed by atoms with Crippen molar-refractivity contribution >= 4 is 21.8 Å². The average Bonchev–Trinajstić information content (AvgIpc) is 2.42. The largest absolute Gasteiger partial charge is 0.481 e. The van der Waals surface area contributed by atoms with Crippen LogP contribution in [0.15, 0.2) is 22.7 Å². The van der Waals surface area contributed by atoms with E-state index in [0.717, 1.165) is 6.42 Å². The van der Waals surface area contributed by atoms with Crippen LogP contribution in [-0.4, -0.2) is 37.0 Å². The van der Waals surface area contributed by atoms with Gasteiger partial charge in [0.25, 0.3) is 5.91 Å². The molecule has 0 heterocycles.